The average Bonchev–Trinajstić information content (AvgIpc) is 3.11. The molecule has 3 rings (SSSR count). The van der Waals surface area contributed by atoms with Gasteiger partial charge in [0.25, 0.3) is 5.91 Å². The highest BCUT2D eigenvalue weighted by molar-refractivity contribution is 7.91. The summed E-state index contributed by atoms with van der Waals surface area (Å²) in [6, 6.07) is 14.4. The van der Waals surface area contributed by atoms with Gasteiger partial charge in [-0.1, -0.05) is 31.2 Å². The third-order valence-electron chi connectivity index (χ3n) is 5.08. The summed E-state index contributed by atoms with van der Waals surface area (Å²) >= 11 is 0. The number of para-hydroxylation sites is 1. The van der Waals surface area contributed by atoms with Gasteiger partial charge in [0, 0.05) is 12.6 Å². The first-order valence-corrected chi connectivity index (χ1v) is 12.2. The van der Waals surface area contributed by atoms with E-state index < -0.39 is 9.84 Å². The Morgan fingerprint density at radius 2 is 1.80 bits per heavy atom. The van der Waals surface area contributed by atoms with Gasteiger partial charge < -0.3 is 14.4 Å². The predicted octanol–water partition coefficient (Wildman–Crippen LogP) is 3.70. The van der Waals surface area contributed by atoms with E-state index in [0.29, 0.717) is 37.5 Å². The largest absolute Gasteiger partial charge is 0.494 e. The third-order valence-corrected chi connectivity index (χ3v) is 6.83. The first-order chi connectivity index (χ1) is 14.4. The molecule has 1 amide bonds. The van der Waals surface area contributed by atoms with Gasteiger partial charge in [-0.2, -0.15) is 0 Å². The van der Waals surface area contributed by atoms with Crippen LogP contribution in [-0.4, -0.2) is 50.0 Å². The molecule has 7 heteroatoms. The normalized spacial score (nSPS) is 17.5. The molecule has 0 aromatic heterocycles. The molecule has 0 bridgehead atoms. The molecule has 1 heterocycles. The maximum absolute atomic E-state index is 13.5. The van der Waals surface area contributed by atoms with E-state index in [1.807, 2.05) is 44.2 Å². The fraction of sp³-hybridized carbons (Fsp3) is 0.435. The van der Waals surface area contributed by atoms with Crippen LogP contribution in [0, 0.1) is 0 Å². The number of hydrogen-bond acceptors (Lipinski definition) is 5. The molecule has 1 fully saturated rings. The number of hydrogen-bond donors (Lipinski definition) is 0. The SMILES string of the molecule is CCCOc1ccc(CN(C(=O)c2ccccc2OCC)C2CCS(=O)(=O)C2)cc1. The van der Waals surface area contributed by atoms with Crippen LogP contribution in [0.15, 0.2) is 48.5 Å². The number of carbonyl (C=O) groups is 1. The van der Waals surface area contributed by atoms with E-state index in [9.17, 15) is 13.2 Å². The Bertz CT molecular complexity index is 956. The lowest BCUT2D eigenvalue weighted by Crippen LogP contribution is -2.40. The molecule has 1 unspecified atom stereocenters. The molecule has 0 saturated carbocycles. The minimum atomic E-state index is -3.13. The first kappa shape index (κ1) is 22.2. The zero-order valence-electron chi connectivity index (χ0n) is 17.5. The Labute approximate surface area is 178 Å². The van der Waals surface area contributed by atoms with Crippen LogP contribution in [0.1, 0.15) is 42.6 Å². The van der Waals surface area contributed by atoms with Gasteiger partial charge in [-0.3, -0.25) is 4.79 Å². The van der Waals surface area contributed by atoms with E-state index in [-0.39, 0.29) is 23.5 Å². The molecular formula is C23H29NO5S. The van der Waals surface area contributed by atoms with Gasteiger partial charge in [-0.15, -0.1) is 0 Å². The molecule has 0 aliphatic carbocycles. The van der Waals surface area contributed by atoms with E-state index in [2.05, 4.69) is 0 Å². The minimum Gasteiger partial charge on any atom is -0.494 e. The summed E-state index contributed by atoms with van der Waals surface area (Å²) in [5, 5.41) is 0. The van der Waals surface area contributed by atoms with Gasteiger partial charge in [-0.25, -0.2) is 8.42 Å². The smallest absolute Gasteiger partial charge is 0.258 e. The van der Waals surface area contributed by atoms with E-state index in [1.54, 1.807) is 23.1 Å². The fourth-order valence-corrected chi connectivity index (χ4v) is 5.31. The van der Waals surface area contributed by atoms with Crippen LogP contribution in [0.2, 0.25) is 0 Å². The molecule has 162 valence electrons. The quantitative estimate of drug-likeness (QED) is 0.605. The van der Waals surface area contributed by atoms with Crippen LogP contribution in [0.25, 0.3) is 0 Å². The van der Waals surface area contributed by atoms with Crippen LogP contribution in [-0.2, 0) is 16.4 Å². The summed E-state index contributed by atoms with van der Waals surface area (Å²) in [7, 11) is -3.13. The van der Waals surface area contributed by atoms with E-state index >= 15 is 0 Å². The summed E-state index contributed by atoms with van der Waals surface area (Å²) in [6.45, 7) is 5.34. The molecule has 30 heavy (non-hydrogen) atoms. The Hall–Kier alpha value is -2.54. The van der Waals surface area contributed by atoms with Crippen LogP contribution in [0.3, 0.4) is 0 Å². The van der Waals surface area contributed by atoms with Crippen LogP contribution in [0.5, 0.6) is 11.5 Å². The highest BCUT2D eigenvalue weighted by Crippen LogP contribution is 2.26. The monoisotopic (exact) mass is 431 g/mol. The first-order valence-electron chi connectivity index (χ1n) is 10.4. The number of nitrogens with zero attached hydrogens (tertiary/aromatic N) is 1. The Kier molecular flexibility index (Phi) is 7.37. The summed E-state index contributed by atoms with van der Waals surface area (Å²) in [4.78, 5) is 15.1. The molecule has 1 aliphatic rings. The topological polar surface area (TPSA) is 72.9 Å². The molecule has 6 nitrogen and oxygen atoms in total. The number of rotatable bonds is 9. The number of amides is 1. The number of benzene rings is 2. The average molecular weight is 432 g/mol. The Balaban J connectivity index is 1.87. The maximum Gasteiger partial charge on any atom is 0.258 e. The summed E-state index contributed by atoms with van der Waals surface area (Å²) in [5.41, 5.74) is 1.37. The number of sulfone groups is 1. The molecule has 1 aliphatic heterocycles. The Morgan fingerprint density at radius 3 is 2.43 bits per heavy atom. The summed E-state index contributed by atoms with van der Waals surface area (Å²) in [5.74, 6) is 1.18. The highest BCUT2D eigenvalue weighted by Gasteiger charge is 2.35. The van der Waals surface area contributed by atoms with Crippen molar-refractivity contribution >= 4 is 15.7 Å². The predicted molar refractivity (Wildman–Crippen MR) is 117 cm³/mol. The molecule has 0 spiro atoms. The van der Waals surface area contributed by atoms with Crippen LogP contribution < -0.4 is 9.47 Å². The molecular weight excluding hydrogens is 402 g/mol. The van der Waals surface area contributed by atoms with E-state index in [1.165, 1.54) is 0 Å². The van der Waals surface area contributed by atoms with E-state index in [0.717, 1.165) is 17.7 Å². The summed E-state index contributed by atoms with van der Waals surface area (Å²) in [6.07, 6.45) is 1.38. The van der Waals surface area contributed by atoms with Gasteiger partial charge in [0.2, 0.25) is 0 Å². The van der Waals surface area contributed by atoms with Gasteiger partial charge in [-0.05, 0) is 49.6 Å². The number of ether oxygens (including phenoxy) is 2. The van der Waals surface area contributed by atoms with Crippen molar-refractivity contribution in [3.8, 4) is 11.5 Å². The van der Waals surface area contributed by atoms with E-state index in [4.69, 9.17) is 9.47 Å². The lowest BCUT2D eigenvalue weighted by atomic mass is 10.1. The molecule has 1 atom stereocenters. The van der Waals surface area contributed by atoms with Crippen molar-refractivity contribution in [2.75, 3.05) is 24.7 Å². The zero-order valence-corrected chi connectivity index (χ0v) is 18.4. The van der Waals surface area contributed by atoms with Crippen molar-refractivity contribution in [3.05, 3.63) is 59.7 Å². The zero-order chi connectivity index (χ0) is 21.6. The molecule has 2 aromatic rings. The fourth-order valence-electron chi connectivity index (χ4n) is 3.58. The van der Waals surface area contributed by atoms with Gasteiger partial charge in [0.15, 0.2) is 9.84 Å². The van der Waals surface area contributed by atoms with Crippen LogP contribution in [0.4, 0.5) is 0 Å². The maximum atomic E-state index is 13.5. The van der Waals surface area contributed by atoms with Crippen LogP contribution >= 0.6 is 0 Å². The van der Waals surface area contributed by atoms with Gasteiger partial charge >= 0.3 is 0 Å². The van der Waals surface area contributed by atoms with Gasteiger partial charge in [0.1, 0.15) is 11.5 Å². The minimum absolute atomic E-state index is 0.00671. The highest BCUT2D eigenvalue weighted by atomic mass is 32.2. The number of carbonyl (C=O) groups excluding carboxylic acids is 1. The standard InChI is InChI=1S/C23H29NO5S/c1-3-14-29-20-11-9-18(10-12-20)16-24(19-13-15-30(26,27)17-19)23(25)21-7-5-6-8-22(21)28-4-2/h5-12,19H,3-4,13-17H2,1-2H3. The summed E-state index contributed by atoms with van der Waals surface area (Å²) < 4.78 is 35.4. The second-order valence-electron chi connectivity index (χ2n) is 7.41. The third kappa shape index (κ3) is 5.53. The second-order valence-corrected chi connectivity index (χ2v) is 9.64. The molecule has 0 radical (unpaired) electrons. The lowest BCUT2D eigenvalue weighted by Gasteiger charge is -2.29. The van der Waals surface area contributed by atoms with Gasteiger partial charge in [0.05, 0.1) is 30.3 Å². The van der Waals surface area contributed by atoms with Crippen molar-refractivity contribution in [2.45, 2.75) is 39.3 Å². The lowest BCUT2D eigenvalue weighted by molar-refractivity contribution is 0.0676. The Morgan fingerprint density at radius 1 is 1.07 bits per heavy atom. The van der Waals surface area contributed by atoms with Crippen molar-refractivity contribution in [1.29, 1.82) is 0 Å². The second kappa shape index (κ2) is 9.98. The molecule has 1 saturated heterocycles. The molecule has 2 aromatic carbocycles. The van der Waals surface area contributed by atoms with Crippen molar-refractivity contribution in [3.63, 3.8) is 0 Å². The van der Waals surface area contributed by atoms with Crippen molar-refractivity contribution < 1.29 is 22.7 Å². The van der Waals surface area contributed by atoms with Crippen molar-refractivity contribution in [2.24, 2.45) is 0 Å². The van der Waals surface area contributed by atoms with Crippen molar-refractivity contribution in [1.82, 2.24) is 4.90 Å². The molecule has 0 N–H and O–H groups in total.